The van der Waals surface area contributed by atoms with E-state index < -0.39 is 0 Å². The number of hydrogen-bond acceptors (Lipinski definition) is 1. The molecule has 0 aromatic rings. The molecule has 116 valence electrons. The minimum atomic E-state index is 0.190. The normalized spacial score (nSPS) is 30.1. The topological polar surface area (TPSA) is 20.3 Å². The number of carbonyl (C=O) groups is 1. The lowest BCUT2D eigenvalue weighted by Gasteiger charge is -2.37. The van der Waals surface area contributed by atoms with E-state index in [4.69, 9.17) is 0 Å². The van der Waals surface area contributed by atoms with Crippen LogP contribution in [0.1, 0.15) is 67.2 Å². The molecule has 2 unspecified atom stereocenters. The van der Waals surface area contributed by atoms with Crippen LogP contribution in [0.2, 0.25) is 0 Å². The molecule has 2 rings (SSSR count). The third-order valence-corrected chi connectivity index (χ3v) is 5.62. The van der Waals surface area contributed by atoms with Crippen molar-refractivity contribution in [1.29, 1.82) is 0 Å². The van der Waals surface area contributed by atoms with E-state index in [1.165, 1.54) is 25.7 Å². The standard InChI is InChI=1S/C18H33NO/c1-11(2)16-10-14-8-7-9-15(14)19(16)18(20)17(12(3)4)13(5)6/h11-17H,7-10H2,1-6H3/t14?,15?,16-/m0/s1. The van der Waals surface area contributed by atoms with Crippen molar-refractivity contribution in [1.82, 2.24) is 4.90 Å². The molecule has 2 aliphatic rings. The first kappa shape index (κ1) is 15.9. The molecule has 1 aliphatic carbocycles. The van der Waals surface area contributed by atoms with Crippen LogP contribution in [-0.2, 0) is 4.79 Å². The zero-order valence-corrected chi connectivity index (χ0v) is 14.2. The molecule has 0 aromatic carbocycles. The predicted molar refractivity (Wildman–Crippen MR) is 84.4 cm³/mol. The van der Waals surface area contributed by atoms with Gasteiger partial charge in [0, 0.05) is 18.0 Å². The number of rotatable bonds is 4. The van der Waals surface area contributed by atoms with Gasteiger partial charge in [-0.3, -0.25) is 4.79 Å². The van der Waals surface area contributed by atoms with Crippen LogP contribution < -0.4 is 0 Å². The molecule has 0 spiro atoms. The molecule has 2 fully saturated rings. The lowest BCUT2D eigenvalue weighted by Crippen LogP contribution is -2.48. The summed E-state index contributed by atoms with van der Waals surface area (Å²) in [6.45, 7) is 13.4. The molecular weight excluding hydrogens is 246 g/mol. The summed E-state index contributed by atoms with van der Waals surface area (Å²) >= 11 is 0. The zero-order chi connectivity index (χ0) is 15.0. The first-order chi connectivity index (χ1) is 9.34. The van der Waals surface area contributed by atoms with Gasteiger partial charge in [0.25, 0.3) is 0 Å². The molecule has 3 atom stereocenters. The molecule has 1 heterocycles. The smallest absolute Gasteiger partial charge is 0.226 e. The maximum atomic E-state index is 13.2. The molecule has 2 nitrogen and oxygen atoms in total. The van der Waals surface area contributed by atoms with Crippen LogP contribution in [0.5, 0.6) is 0 Å². The third kappa shape index (κ3) is 2.76. The van der Waals surface area contributed by atoms with Crippen LogP contribution in [0.3, 0.4) is 0 Å². The zero-order valence-electron chi connectivity index (χ0n) is 14.2. The van der Waals surface area contributed by atoms with Crippen LogP contribution in [0.25, 0.3) is 0 Å². The quantitative estimate of drug-likeness (QED) is 0.749. The van der Waals surface area contributed by atoms with E-state index in [0.29, 0.717) is 35.7 Å². The van der Waals surface area contributed by atoms with E-state index in [-0.39, 0.29) is 5.92 Å². The molecule has 1 saturated heterocycles. The van der Waals surface area contributed by atoms with Gasteiger partial charge in [-0.2, -0.15) is 0 Å². The number of carbonyl (C=O) groups excluding carboxylic acids is 1. The summed E-state index contributed by atoms with van der Waals surface area (Å²) in [4.78, 5) is 15.6. The Morgan fingerprint density at radius 2 is 1.60 bits per heavy atom. The number of hydrogen-bond donors (Lipinski definition) is 0. The largest absolute Gasteiger partial charge is 0.336 e. The minimum Gasteiger partial charge on any atom is -0.336 e. The average Bonchev–Trinajstić information content (AvgIpc) is 2.85. The third-order valence-electron chi connectivity index (χ3n) is 5.62. The Bertz CT molecular complexity index is 339. The molecule has 0 N–H and O–H groups in total. The van der Waals surface area contributed by atoms with Gasteiger partial charge in [0.15, 0.2) is 0 Å². The van der Waals surface area contributed by atoms with Crippen molar-refractivity contribution in [3.8, 4) is 0 Å². The highest BCUT2D eigenvalue weighted by Crippen LogP contribution is 2.44. The molecule has 0 aromatic heterocycles. The summed E-state index contributed by atoms with van der Waals surface area (Å²) in [6.07, 6.45) is 5.14. The van der Waals surface area contributed by atoms with Crippen molar-refractivity contribution in [3.63, 3.8) is 0 Å². The van der Waals surface area contributed by atoms with E-state index in [1.807, 2.05) is 0 Å². The number of likely N-dealkylation sites (tertiary alicyclic amines) is 1. The summed E-state index contributed by atoms with van der Waals surface area (Å²) in [6, 6.07) is 1.03. The van der Waals surface area contributed by atoms with Gasteiger partial charge in [-0.1, -0.05) is 48.0 Å². The first-order valence-corrected chi connectivity index (χ1v) is 8.66. The van der Waals surface area contributed by atoms with Gasteiger partial charge in [-0.25, -0.2) is 0 Å². The number of nitrogens with zero attached hydrogens (tertiary/aromatic N) is 1. The maximum Gasteiger partial charge on any atom is 0.226 e. The van der Waals surface area contributed by atoms with Gasteiger partial charge in [-0.05, 0) is 42.9 Å². The summed E-state index contributed by atoms with van der Waals surface area (Å²) < 4.78 is 0. The molecule has 1 saturated carbocycles. The summed E-state index contributed by atoms with van der Waals surface area (Å²) in [5.41, 5.74) is 0. The second-order valence-corrected chi connectivity index (χ2v) is 8.06. The summed E-state index contributed by atoms with van der Waals surface area (Å²) in [5, 5.41) is 0. The predicted octanol–water partition coefficient (Wildman–Crippen LogP) is 4.34. The highest BCUT2D eigenvalue weighted by atomic mass is 16.2. The lowest BCUT2D eigenvalue weighted by molar-refractivity contribution is -0.142. The summed E-state index contributed by atoms with van der Waals surface area (Å²) in [5.74, 6) is 2.89. The fraction of sp³-hybridized carbons (Fsp3) is 0.944. The highest BCUT2D eigenvalue weighted by molar-refractivity contribution is 5.80. The maximum absolute atomic E-state index is 13.2. The van der Waals surface area contributed by atoms with Crippen LogP contribution in [-0.4, -0.2) is 22.9 Å². The van der Waals surface area contributed by atoms with E-state index in [9.17, 15) is 4.79 Å². The van der Waals surface area contributed by atoms with Crippen LogP contribution >= 0.6 is 0 Å². The fourth-order valence-corrected chi connectivity index (χ4v) is 4.76. The molecule has 0 bridgehead atoms. The lowest BCUT2D eigenvalue weighted by atomic mass is 9.83. The molecule has 1 amide bonds. The molecule has 1 aliphatic heterocycles. The van der Waals surface area contributed by atoms with Gasteiger partial charge in [-0.15, -0.1) is 0 Å². The van der Waals surface area contributed by atoms with Crippen LogP contribution in [0.15, 0.2) is 0 Å². The van der Waals surface area contributed by atoms with Crippen molar-refractivity contribution in [2.24, 2.45) is 29.6 Å². The van der Waals surface area contributed by atoms with Gasteiger partial charge >= 0.3 is 0 Å². The molecular formula is C18H33NO. The number of fused-ring (bicyclic) bond motifs is 1. The van der Waals surface area contributed by atoms with E-state index in [1.54, 1.807) is 0 Å². The van der Waals surface area contributed by atoms with E-state index in [0.717, 1.165) is 5.92 Å². The van der Waals surface area contributed by atoms with Gasteiger partial charge in [0.1, 0.15) is 0 Å². The Balaban J connectivity index is 2.24. The van der Waals surface area contributed by atoms with Gasteiger partial charge < -0.3 is 4.90 Å². The molecule has 0 radical (unpaired) electrons. The van der Waals surface area contributed by atoms with Crippen LogP contribution in [0, 0.1) is 29.6 Å². The van der Waals surface area contributed by atoms with Crippen LogP contribution in [0.4, 0.5) is 0 Å². The minimum absolute atomic E-state index is 0.190. The van der Waals surface area contributed by atoms with Gasteiger partial charge in [0.2, 0.25) is 5.91 Å². The van der Waals surface area contributed by atoms with Crippen molar-refractivity contribution >= 4 is 5.91 Å². The van der Waals surface area contributed by atoms with Crippen molar-refractivity contribution in [3.05, 3.63) is 0 Å². The molecule has 2 heteroatoms. The highest BCUT2D eigenvalue weighted by Gasteiger charge is 2.48. The van der Waals surface area contributed by atoms with Crippen molar-refractivity contribution < 1.29 is 4.79 Å². The first-order valence-electron chi connectivity index (χ1n) is 8.66. The second kappa shape index (κ2) is 6.07. The Kier molecular flexibility index (Phi) is 4.81. The average molecular weight is 279 g/mol. The number of amides is 1. The second-order valence-electron chi connectivity index (χ2n) is 8.06. The Labute approximate surface area is 125 Å². The van der Waals surface area contributed by atoms with Crippen molar-refractivity contribution in [2.75, 3.05) is 0 Å². The Morgan fingerprint density at radius 1 is 1.00 bits per heavy atom. The fourth-order valence-electron chi connectivity index (χ4n) is 4.76. The van der Waals surface area contributed by atoms with Gasteiger partial charge in [0.05, 0.1) is 0 Å². The van der Waals surface area contributed by atoms with E-state index in [2.05, 4.69) is 46.4 Å². The summed E-state index contributed by atoms with van der Waals surface area (Å²) in [7, 11) is 0. The molecule has 20 heavy (non-hydrogen) atoms. The van der Waals surface area contributed by atoms with E-state index >= 15 is 0 Å². The SMILES string of the molecule is CC(C)C(C(=O)N1C2CCCC2C[C@H]1C(C)C)C(C)C. The Morgan fingerprint density at radius 3 is 2.10 bits per heavy atom. The monoisotopic (exact) mass is 279 g/mol. The Hall–Kier alpha value is -0.530. The van der Waals surface area contributed by atoms with Crippen molar-refractivity contribution in [2.45, 2.75) is 79.3 Å².